The lowest BCUT2D eigenvalue weighted by molar-refractivity contribution is -0.118. The van der Waals surface area contributed by atoms with Gasteiger partial charge in [-0.05, 0) is 31.2 Å². The standard InChI is InChI=1S/C19H20N4O2S/c1-3-20-17(24)13-26-19-22-21-18(14-7-5-4-6-8-14)23(19)15-9-11-16(25-2)12-10-15/h4-12H,3,13H2,1-2H3,(H,20,24). The van der Waals surface area contributed by atoms with E-state index in [1.165, 1.54) is 11.8 Å². The molecule has 134 valence electrons. The predicted molar refractivity (Wildman–Crippen MR) is 103 cm³/mol. The lowest BCUT2D eigenvalue weighted by Crippen LogP contribution is -2.24. The fraction of sp³-hybridized carbons (Fsp3) is 0.211. The molecule has 6 nitrogen and oxygen atoms in total. The molecule has 0 aliphatic carbocycles. The van der Waals surface area contributed by atoms with Crippen molar-refractivity contribution in [2.24, 2.45) is 0 Å². The van der Waals surface area contributed by atoms with Crippen LogP contribution in [0.3, 0.4) is 0 Å². The molecule has 1 N–H and O–H groups in total. The predicted octanol–water partition coefficient (Wildman–Crippen LogP) is 3.17. The molecule has 1 amide bonds. The number of carbonyl (C=O) groups excluding carboxylic acids is 1. The van der Waals surface area contributed by atoms with Gasteiger partial charge in [0.1, 0.15) is 5.75 Å². The van der Waals surface area contributed by atoms with E-state index in [2.05, 4.69) is 15.5 Å². The number of carbonyl (C=O) groups is 1. The maximum Gasteiger partial charge on any atom is 0.230 e. The third-order valence-corrected chi connectivity index (χ3v) is 4.63. The molecule has 26 heavy (non-hydrogen) atoms. The van der Waals surface area contributed by atoms with Gasteiger partial charge in [0.05, 0.1) is 12.9 Å². The van der Waals surface area contributed by atoms with Crippen LogP contribution < -0.4 is 10.1 Å². The van der Waals surface area contributed by atoms with Gasteiger partial charge in [0.25, 0.3) is 0 Å². The molecular weight excluding hydrogens is 348 g/mol. The van der Waals surface area contributed by atoms with Gasteiger partial charge in [0.15, 0.2) is 11.0 Å². The van der Waals surface area contributed by atoms with Gasteiger partial charge in [-0.25, -0.2) is 0 Å². The number of ether oxygens (including phenoxy) is 1. The number of benzene rings is 2. The highest BCUT2D eigenvalue weighted by atomic mass is 32.2. The quantitative estimate of drug-likeness (QED) is 0.649. The zero-order chi connectivity index (χ0) is 18.4. The van der Waals surface area contributed by atoms with Gasteiger partial charge in [-0.15, -0.1) is 10.2 Å². The lowest BCUT2D eigenvalue weighted by Gasteiger charge is -2.11. The number of nitrogens with one attached hydrogen (secondary N) is 1. The summed E-state index contributed by atoms with van der Waals surface area (Å²) >= 11 is 1.36. The van der Waals surface area contributed by atoms with Crippen molar-refractivity contribution >= 4 is 17.7 Å². The number of rotatable bonds is 7. The SMILES string of the molecule is CCNC(=O)CSc1nnc(-c2ccccc2)n1-c1ccc(OC)cc1. The molecule has 7 heteroatoms. The Bertz CT molecular complexity index is 863. The van der Waals surface area contributed by atoms with Crippen molar-refractivity contribution in [3.63, 3.8) is 0 Å². The Kier molecular flexibility index (Phi) is 5.91. The molecule has 0 atom stereocenters. The van der Waals surface area contributed by atoms with Crippen molar-refractivity contribution in [1.29, 1.82) is 0 Å². The normalized spacial score (nSPS) is 10.5. The van der Waals surface area contributed by atoms with E-state index in [-0.39, 0.29) is 11.7 Å². The van der Waals surface area contributed by atoms with E-state index in [0.717, 1.165) is 22.8 Å². The Morgan fingerprint density at radius 2 is 1.85 bits per heavy atom. The van der Waals surface area contributed by atoms with E-state index in [1.807, 2.05) is 66.1 Å². The summed E-state index contributed by atoms with van der Waals surface area (Å²) in [5, 5.41) is 12.1. The highest BCUT2D eigenvalue weighted by Gasteiger charge is 2.17. The van der Waals surface area contributed by atoms with Crippen LogP contribution in [0, 0.1) is 0 Å². The van der Waals surface area contributed by atoms with Crippen LogP contribution in [-0.2, 0) is 4.79 Å². The maximum absolute atomic E-state index is 11.8. The van der Waals surface area contributed by atoms with Gasteiger partial charge in [-0.3, -0.25) is 9.36 Å². The van der Waals surface area contributed by atoms with Crippen molar-refractivity contribution in [3.05, 3.63) is 54.6 Å². The largest absolute Gasteiger partial charge is 0.497 e. The Labute approximate surface area is 156 Å². The average molecular weight is 368 g/mol. The van der Waals surface area contributed by atoms with Crippen LogP contribution in [0.15, 0.2) is 59.8 Å². The molecule has 1 heterocycles. The Morgan fingerprint density at radius 3 is 2.50 bits per heavy atom. The van der Waals surface area contributed by atoms with Crippen molar-refractivity contribution in [2.45, 2.75) is 12.1 Å². The molecule has 2 aromatic carbocycles. The molecule has 1 aromatic heterocycles. The molecule has 0 fully saturated rings. The average Bonchev–Trinajstić information content (AvgIpc) is 3.11. The van der Waals surface area contributed by atoms with E-state index < -0.39 is 0 Å². The van der Waals surface area contributed by atoms with Gasteiger partial charge in [-0.1, -0.05) is 42.1 Å². The molecule has 0 radical (unpaired) electrons. The van der Waals surface area contributed by atoms with Crippen LogP contribution in [0.2, 0.25) is 0 Å². The van der Waals surface area contributed by atoms with E-state index in [0.29, 0.717) is 11.7 Å². The first kappa shape index (κ1) is 18.0. The summed E-state index contributed by atoms with van der Waals surface area (Å²) in [6, 6.07) is 17.5. The van der Waals surface area contributed by atoms with Gasteiger partial charge < -0.3 is 10.1 Å². The Morgan fingerprint density at radius 1 is 1.12 bits per heavy atom. The lowest BCUT2D eigenvalue weighted by atomic mass is 10.2. The van der Waals surface area contributed by atoms with Crippen molar-refractivity contribution in [3.8, 4) is 22.8 Å². The topological polar surface area (TPSA) is 69.0 Å². The first-order valence-corrected chi connectivity index (χ1v) is 9.26. The maximum atomic E-state index is 11.8. The minimum Gasteiger partial charge on any atom is -0.497 e. The molecular formula is C19H20N4O2S. The third-order valence-electron chi connectivity index (χ3n) is 3.70. The molecule has 0 aliphatic heterocycles. The van der Waals surface area contributed by atoms with E-state index in [9.17, 15) is 4.79 Å². The van der Waals surface area contributed by atoms with E-state index >= 15 is 0 Å². The molecule has 3 aromatic rings. The molecule has 0 spiro atoms. The van der Waals surface area contributed by atoms with Crippen LogP contribution in [-0.4, -0.2) is 40.1 Å². The van der Waals surface area contributed by atoms with Crippen molar-refractivity contribution in [2.75, 3.05) is 19.4 Å². The third kappa shape index (κ3) is 4.05. The molecule has 0 bridgehead atoms. The molecule has 0 saturated carbocycles. The summed E-state index contributed by atoms with van der Waals surface area (Å²) in [6.07, 6.45) is 0. The summed E-state index contributed by atoms with van der Waals surface area (Å²) in [5.74, 6) is 1.77. The second kappa shape index (κ2) is 8.53. The molecule has 0 saturated heterocycles. The zero-order valence-corrected chi connectivity index (χ0v) is 15.5. The summed E-state index contributed by atoms with van der Waals surface area (Å²) in [5.41, 5.74) is 1.87. The first-order chi connectivity index (χ1) is 12.7. The summed E-state index contributed by atoms with van der Waals surface area (Å²) < 4.78 is 7.20. The van der Waals surface area contributed by atoms with Crippen LogP contribution in [0.1, 0.15) is 6.92 Å². The Balaban J connectivity index is 1.99. The fourth-order valence-electron chi connectivity index (χ4n) is 2.48. The van der Waals surface area contributed by atoms with Crippen LogP contribution in [0.4, 0.5) is 0 Å². The molecule has 3 rings (SSSR count). The number of aromatic nitrogens is 3. The number of hydrogen-bond donors (Lipinski definition) is 1. The van der Waals surface area contributed by atoms with Crippen molar-refractivity contribution < 1.29 is 9.53 Å². The second-order valence-corrected chi connectivity index (χ2v) is 6.39. The monoisotopic (exact) mass is 368 g/mol. The number of hydrogen-bond acceptors (Lipinski definition) is 5. The van der Waals surface area contributed by atoms with E-state index in [4.69, 9.17) is 4.74 Å². The highest BCUT2D eigenvalue weighted by Crippen LogP contribution is 2.28. The van der Waals surface area contributed by atoms with Gasteiger partial charge in [0.2, 0.25) is 5.91 Å². The number of thioether (sulfide) groups is 1. The molecule has 0 unspecified atom stereocenters. The Hall–Kier alpha value is -2.80. The first-order valence-electron chi connectivity index (χ1n) is 8.27. The smallest absolute Gasteiger partial charge is 0.230 e. The number of nitrogens with zero attached hydrogens (tertiary/aromatic N) is 3. The second-order valence-electron chi connectivity index (χ2n) is 5.45. The van der Waals surface area contributed by atoms with Crippen LogP contribution in [0.25, 0.3) is 17.1 Å². The van der Waals surface area contributed by atoms with E-state index in [1.54, 1.807) is 7.11 Å². The van der Waals surface area contributed by atoms with Crippen LogP contribution >= 0.6 is 11.8 Å². The van der Waals surface area contributed by atoms with Gasteiger partial charge in [-0.2, -0.15) is 0 Å². The molecule has 0 aliphatic rings. The summed E-state index contributed by atoms with van der Waals surface area (Å²) in [6.45, 7) is 2.51. The van der Waals surface area contributed by atoms with Gasteiger partial charge >= 0.3 is 0 Å². The minimum atomic E-state index is -0.0250. The summed E-state index contributed by atoms with van der Waals surface area (Å²) in [4.78, 5) is 11.8. The number of amides is 1. The highest BCUT2D eigenvalue weighted by molar-refractivity contribution is 7.99. The van der Waals surface area contributed by atoms with Crippen LogP contribution in [0.5, 0.6) is 5.75 Å². The van der Waals surface area contributed by atoms with Crippen molar-refractivity contribution in [1.82, 2.24) is 20.1 Å². The minimum absolute atomic E-state index is 0.0250. The fourth-order valence-corrected chi connectivity index (χ4v) is 3.26. The summed E-state index contributed by atoms with van der Waals surface area (Å²) in [7, 11) is 1.64. The number of methoxy groups -OCH3 is 1. The zero-order valence-electron chi connectivity index (χ0n) is 14.7. The van der Waals surface area contributed by atoms with Gasteiger partial charge in [0, 0.05) is 17.8 Å².